The molecule has 4 heteroatoms. The van der Waals surface area contributed by atoms with E-state index in [1.165, 1.54) is 0 Å². The maximum Gasteiger partial charge on any atom is 0.376 e. The molecule has 2 N–H and O–H groups in total. The number of hydrogen-bond acceptors (Lipinski definition) is 3. The molecule has 1 aromatic rings. The first-order chi connectivity index (χ1) is 6.18. The van der Waals surface area contributed by atoms with Crippen molar-refractivity contribution < 1.29 is 10.1 Å². The van der Waals surface area contributed by atoms with Crippen molar-refractivity contribution in [3.8, 4) is 5.75 Å². The van der Waals surface area contributed by atoms with E-state index in [2.05, 4.69) is 0 Å². The van der Waals surface area contributed by atoms with Crippen LogP contribution in [0.15, 0.2) is 18.2 Å². The van der Waals surface area contributed by atoms with E-state index < -0.39 is 7.05 Å². The van der Waals surface area contributed by atoms with Gasteiger partial charge < -0.3 is 14.9 Å². The summed E-state index contributed by atoms with van der Waals surface area (Å²) >= 11 is 0. The first kappa shape index (κ1) is 8.60. The van der Waals surface area contributed by atoms with E-state index in [-0.39, 0.29) is 0 Å². The SMILES string of the molecule is CB(O)N1Cc2cccc(O)c2C1. The van der Waals surface area contributed by atoms with E-state index in [9.17, 15) is 10.1 Å². The lowest BCUT2D eigenvalue weighted by Crippen LogP contribution is -2.31. The monoisotopic (exact) mass is 177 g/mol. The van der Waals surface area contributed by atoms with Crippen LogP contribution in [0.25, 0.3) is 0 Å². The van der Waals surface area contributed by atoms with Crippen LogP contribution < -0.4 is 0 Å². The molecule has 0 atom stereocenters. The molecular formula is C9H12BNO2. The van der Waals surface area contributed by atoms with Crippen LogP contribution in [-0.2, 0) is 13.1 Å². The largest absolute Gasteiger partial charge is 0.508 e. The number of hydrogen-bond donors (Lipinski definition) is 2. The van der Waals surface area contributed by atoms with Gasteiger partial charge in [-0.2, -0.15) is 0 Å². The van der Waals surface area contributed by atoms with Gasteiger partial charge in [0.2, 0.25) is 0 Å². The maximum atomic E-state index is 9.52. The molecule has 13 heavy (non-hydrogen) atoms. The molecule has 0 amide bonds. The van der Waals surface area contributed by atoms with Gasteiger partial charge in [0.25, 0.3) is 0 Å². The fourth-order valence-electron chi connectivity index (χ4n) is 1.69. The third-order valence-electron chi connectivity index (χ3n) is 2.51. The molecule has 0 spiro atoms. The second-order valence-electron chi connectivity index (χ2n) is 3.45. The topological polar surface area (TPSA) is 43.7 Å². The van der Waals surface area contributed by atoms with Crippen molar-refractivity contribution in [2.24, 2.45) is 0 Å². The summed E-state index contributed by atoms with van der Waals surface area (Å²) in [6, 6.07) is 5.50. The highest BCUT2D eigenvalue weighted by Crippen LogP contribution is 2.29. The number of phenols is 1. The second-order valence-corrected chi connectivity index (χ2v) is 3.45. The Balaban J connectivity index is 2.30. The number of benzene rings is 1. The number of phenolic OH excluding ortho intramolecular Hbond substituents is 1. The minimum Gasteiger partial charge on any atom is -0.508 e. The molecule has 1 heterocycles. The highest BCUT2D eigenvalue weighted by molar-refractivity contribution is 6.45. The molecule has 0 fully saturated rings. The Kier molecular flexibility index (Phi) is 2.02. The van der Waals surface area contributed by atoms with Gasteiger partial charge in [0.05, 0.1) is 0 Å². The first-order valence-corrected chi connectivity index (χ1v) is 4.40. The van der Waals surface area contributed by atoms with Crippen LogP contribution in [0.5, 0.6) is 5.75 Å². The molecule has 1 aliphatic rings. The normalized spacial score (nSPS) is 15.8. The fourth-order valence-corrected chi connectivity index (χ4v) is 1.69. The van der Waals surface area contributed by atoms with Gasteiger partial charge in [-0.15, -0.1) is 0 Å². The number of rotatable bonds is 1. The van der Waals surface area contributed by atoms with E-state index in [0.29, 0.717) is 12.3 Å². The third kappa shape index (κ3) is 1.43. The van der Waals surface area contributed by atoms with E-state index in [4.69, 9.17) is 0 Å². The predicted molar refractivity (Wildman–Crippen MR) is 51.2 cm³/mol. The van der Waals surface area contributed by atoms with Gasteiger partial charge in [-0.25, -0.2) is 0 Å². The van der Waals surface area contributed by atoms with E-state index in [0.717, 1.165) is 17.7 Å². The first-order valence-electron chi connectivity index (χ1n) is 4.40. The average Bonchev–Trinajstić information content (AvgIpc) is 2.49. The molecule has 0 radical (unpaired) electrons. The molecule has 1 aromatic carbocycles. The van der Waals surface area contributed by atoms with E-state index in [1.54, 1.807) is 12.9 Å². The summed E-state index contributed by atoms with van der Waals surface area (Å²) < 4.78 is 0. The Labute approximate surface area is 77.7 Å². The summed E-state index contributed by atoms with van der Waals surface area (Å²) in [7, 11) is -0.452. The zero-order valence-corrected chi connectivity index (χ0v) is 7.57. The summed E-state index contributed by atoms with van der Waals surface area (Å²) in [6.07, 6.45) is 0. The maximum absolute atomic E-state index is 9.52. The van der Waals surface area contributed by atoms with Crippen LogP contribution in [0.1, 0.15) is 11.1 Å². The van der Waals surface area contributed by atoms with Crippen LogP contribution in [0.4, 0.5) is 0 Å². The highest BCUT2D eigenvalue weighted by atomic mass is 16.3. The Morgan fingerprint density at radius 2 is 2.15 bits per heavy atom. The minimum atomic E-state index is -0.452. The number of fused-ring (bicyclic) bond motifs is 1. The molecule has 0 unspecified atom stereocenters. The van der Waals surface area contributed by atoms with Crippen LogP contribution >= 0.6 is 0 Å². The lowest BCUT2D eigenvalue weighted by Gasteiger charge is -2.14. The molecule has 68 valence electrons. The summed E-state index contributed by atoms with van der Waals surface area (Å²) in [5, 5.41) is 18.9. The van der Waals surface area contributed by atoms with Crippen molar-refractivity contribution in [1.82, 2.24) is 4.81 Å². The van der Waals surface area contributed by atoms with Gasteiger partial charge in [-0.3, -0.25) is 0 Å². The predicted octanol–water partition coefficient (Wildman–Crippen LogP) is 0.818. The Bertz CT molecular complexity index is 327. The fraction of sp³-hybridized carbons (Fsp3) is 0.333. The molecule has 0 saturated carbocycles. The van der Waals surface area contributed by atoms with Crippen LogP contribution in [0.3, 0.4) is 0 Å². The molecule has 2 rings (SSSR count). The molecular weight excluding hydrogens is 165 g/mol. The Morgan fingerprint density at radius 1 is 1.38 bits per heavy atom. The summed E-state index contributed by atoms with van der Waals surface area (Å²) in [5.41, 5.74) is 2.06. The minimum absolute atomic E-state index is 0.334. The zero-order chi connectivity index (χ0) is 9.42. The van der Waals surface area contributed by atoms with Crippen molar-refractivity contribution in [2.45, 2.75) is 19.9 Å². The standard InChI is InChI=1S/C9H12BNO2/c1-10(13)11-5-7-3-2-4-9(12)8(7)6-11/h2-4,12-13H,5-6H2,1H3. The average molecular weight is 177 g/mol. The highest BCUT2D eigenvalue weighted by Gasteiger charge is 2.26. The van der Waals surface area contributed by atoms with Gasteiger partial charge in [0.1, 0.15) is 5.75 Å². The van der Waals surface area contributed by atoms with Crippen molar-refractivity contribution in [3.05, 3.63) is 29.3 Å². The number of aromatic hydroxyl groups is 1. The molecule has 0 aromatic heterocycles. The van der Waals surface area contributed by atoms with Gasteiger partial charge in [-0.05, 0) is 18.5 Å². The van der Waals surface area contributed by atoms with Crippen LogP contribution in [0.2, 0.25) is 6.82 Å². The van der Waals surface area contributed by atoms with Gasteiger partial charge >= 0.3 is 7.05 Å². The zero-order valence-electron chi connectivity index (χ0n) is 7.57. The third-order valence-corrected chi connectivity index (χ3v) is 2.51. The van der Waals surface area contributed by atoms with Crippen LogP contribution in [0, 0.1) is 0 Å². The van der Waals surface area contributed by atoms with Crippen molar-refractivity contribution in [3.63, 3.8) is 0 Å². The van der Waals surface area contributed by atoms with E-state index in [1.807, 2.05) is 16.9 Å². The Hall–Kier alpha value is -0.995. The van der Waals surface area contributed by atoms with Crippen molar-refractivity contribution in [1.29, 1.82) is 0 Å². The number of nitrogens with zero attached hydrogens (tertiary/aromatic N) is 1. The van der Waals surface area contributed by atoms with Gasteiger partial charge in [0.15, 0.2) is 0 Å². The second kappa shape index (κ2) is 3.05. The summed E-state index contributed by atoms with van der Waals surface area (Å²) in [4.78, 5) is 1.91. The lowest BCUT2D eigenvalue weighted by molar-refractivity contribution is 0.376. The van der Waals surface area contributed by atoms with Gasteiger partial charge in [-0.1, -0.05) is 12.1 Å². The van der Waals surface area contributed by atoms with Gasteiger partial charge in [0, 0.05) is 18.7 Å². The van der Waals surface area contributed by atoms with Crippen molar-refractivity contribution >= 4 is 7.05 Å². The lowest BCUT2D eigenvalue weighted by atomic mass is 9.86. The molecule has 0 bridgehead atoms. The van der Waals surface area contributed by atoms with E-state index >= 15 is 0 Å². The van der Waals surface area contributed by atoms with Crippen molar-refractivity contribution in [2.75, 3.05) is 0 Å². The summed E-state index contributed by atoms with van der Waals surface area (Å²) in [5.74, 6) is 0.334. The Morgan fingerprint density at radius 3 is 2.77 bits per heavy atom. The molecule has 0 aliphatic carbocycles. The smallest absolute Gasteiger partial charge is 0.376 e. The molecule has 0 saturated heterocycles. The quantitative estimate of drug-likeness (QED) is 0.624. The molecule has 1 aliphatic heterocycles. The van der Waals surface area contributed by atoms with Crippen LogP contribution in [-0.4, -0.2) is 22.0 Å². The molecule has 3 nitrogen and oxygen atoms in total. The summed E-state index contributed by atoms with van der Waals surface area (Å²) in [6.45, 7) is 3.10.